The van der Waals surface area contributed by atoms with E-state index in [2.05, 4.69) is 19.9 Å². The van der Waals surface area contributed by atoms with Crippen LogP contribution in [-0.2, 0) is 0 Å². The Labute approximate surface area is 184 Å². The molecule has 152 valence electrons. The third-order valence-corrected chi connectivity index (χ3v) is 5.43. The van der Waals surface area contributed by atoms with E-state index < -0.39 is 0 Å². The number of nitrogens with one attached hydrogen (secondary N) is 1. The number of aromatic amines is 1. The molecule has 31 heavy (non-hydrogen) atoms. The lowest BCUT2D eigenvalue weighted by molar-refractivity contribution is 0.401. The van der Waals surface area contributed by atoms with Gasteiger partial charge in [-0.05, 0) is 30.7 Å². The van der Waals surface area contributed by atoms with Crippen LogP contribution in [0.15, 0.2) is 67.0 Å². The van der Waals surface area contributed by atoms with E-state index in [0.717, 1.165) is 44.8 Å². The van der Waals surface area contributed by atoms with Gasteiger partial charge in [0.1, 0.15) is 11.5 Å². The van der Waals surface area contributed by atoms with Gasteiger partial charge in [0.05, 0.1) is 35.1 Å². The van der Waals surface area contributed by atoms with Crippen molar-refractivity contribution in [3.63, 3.8) is 0 Å². The Morgan fingerprint density at radius 2 is 1.77 bits per heavy atom. The van der Waals surface area contributed by atoms with Gasteiger partial charge in [0.15, 0.2) is 5.82 Å². The molecule has 5 rings (SSSR count). The fourth-order valence-electron chi connectivity index (χ4n) is 3.55. The summed E-state index contributed by atoms with van der Waals surface area (Å²) in [6.45, 7) is 1.89. The quantitative estimate of drug-likeness (QED) is 0.397. The molecule has 0 aliphatic heterocycles. The Bertz CT molecular complexity index is 1400. The molecule has 0 radical (unpaired) electrons. The number of imidazole rings is 1. The van der Waals surface area contributed by atoms with E-state index >= 15 is 0 Å². The Kier molecular flexibility index (Phi) is 4.84. The predicted molar refractivity (Wildman–Crippen MR) is 122 cm³/mol. The highest BCUT2D eigenvalue weighted by atomic mass is 35.5. The molecule has 7 heteroatoms. The minimum absolute atomic E-state index is 0.496. The van der Waals surface area contributed by atoms with Gasteiger partial charge in [-0.2, -0.15) is 0 Å². The minimum atomic E-state index is 0.496. The van der Waals surface area contributed by atoms with Crippen molar-refractivity contribution in [3.8, 4) is 39.8 Å². The van der Waals surface area contributed by atoms with Crippen molar-refractivity contribution in [1.82, 2.24) is 24.9 Å². The largest absolute Gasteiger partial charge is 0.480 e. The molecule has 0 unspecified atom stereocenters. The van der Waals surface area contributed by atoms with Crippen LogP contribution in [0, 0.1) is 6.92 Å². The van der Waals surface area contributed by atoms with Crippen LogP contribution in [0.1, 0.15) is 5.82 Å². The van der Waals surface area contributed by atoms with Crippen molar-refractivity contribution < 1.29 is 4.74 Å². The molecule has 5 aromatic rings. The van der Waals surface area contributed by atoms with Crippen LogP contribution in [0.4, 0.5) is 0 Å². The number of aryl methyl sites for hydroxylation is 1. The molecule has 2 aromatic carbocycles. The lowest BCUT2D eigenvalue weighted by Gasteiger charge is -2.13. The van der Waals surface area contributed by atoms with E-state index in [0.29, 0.717) is 16.7 Å². The summed E-state index contributed by atoms with van der Waals surface area (Å²) in [5.74, 6) is 1.90. The summed E-state index contributed by atoms with van der Waals surface area (Å²) in [7, 11) is 1.60. The first kappa shape index (κ1) is 19.2. The molecule has 0 amide bonds. The maximum atomic E-state index is 6.88. The van der Waals surface area contributed by atoms with Crippen molar-refractivity contribution in [2.75, 3.05) is 7.11 Å². The van der Waals surface area contributed by atoms with Gasteiger partial charge in [-0.1, -0.05) is 48.0 Å². The molecule has 0 atom stereocenters. The highest BCUT2D eigenvalue weighted by Gasteiger charge is 2.17. The van der Waals surface area contributed by atoms with Crippen molar-refractivity contribution in [1.29, 1.82) is 0 Å². The Hall–Kier alpha value is -3.77. The van der Waals surface area contributed by atoms with Crippen molar-refractivity contribution in [2.45, 2.75) is 6.92 Å². The number of rotatable bonds is 4. The lowest BCUT2D eigenvalue weighted by Crippen LogP contribution is -1.96. The van der Waals surface area contributed by atoms with Crippen molar-refractivity contribution in [3.05, 3.63) is 77.8 Å². The van der Waals surface area contributed by atoms with Gasteiger partial charge in [-0.15, -0.1) is 0 Å². The number of fused-ring (bicyclic) bond motifs is 1. The van der Waals surface area contributed by atoms with Crippen molar-refractivity contribution >= 4 is 22.5 Å². The van der Waals surface area contributed by atoms with E-state index in [-0.39, 0.29) is 0 Å². The van der Waals surface area contributed by atoms with Gasteiger partial charge in [0.2, 0.25) is 5.88 Å². The maximum absolute atomic E-state index is 6.88. The number of H-pyrrole nitrogens is 1. The summed E-state index contributed by atoms with van der Waals surface area (Å²) < 4.78 is 5.54. The summed E-state index contributed by atoms with van der Waals surface area (Å²) >= 11 is 6.88. The zero-order valence-corrected chi connectivity index (χ0v) is 17.7. The second kappa shape index (κ2) is 7.81. The van der Waals surface area contributed by atoms with Crippen LogP contribution in [0.5, 0.6) is 5.88 Å². The highest BCUT2D eigenvalue weighted by Crippen LogP contribution is 2.40. The number of pyridine rings is 1. The molecule has 1 N–H and O–H groups in total. The van der Waals surface area contributed by atoms with Crippen molar-refractivity contribution in [2.24, 2.45) is 0 Å². The number of nitrogens with zero attached hydrogens (tertiary/aromatic N) is 4. The van der Waals surface area contributed by atoms with Crippen LogP contribution >= 0.6 is 11.6 Å². The van der Waals surface area contributed by atoms with Gasteiger partial charge < -0.3 is 9.72 Å². The highest BCUT2D eigenvalue weighted by molar-refractivity contribution is 6.38. The predicted octanol–water partition coefficient (Wildman–Crippen LogP) is 5.72. The Balaban J connectivity index is 1.66. The van der Waals surface area contributed by atoms with E-state index in [1.807, 2.05) is 61.5 Å². The van der Waals surface area contributed by atoms with E-state index in [9.17, 15) is 0 Å². The van der Waals surface area contributed by atoms with Crippen LogP contribution < -0.4 is 4.74 Å². The van der Waals surface area contributed by atoms with Gasteiger partial charge in [-0.25, -0.2) is 19.9 Å². The summed E-state index contributed by atoms with van der Waals surface area (Å²) in [6, 6.07) is 17.6. The first-order chi connectivity index (χ1) is 15.1. The van der Waals surface area contributed by atoms with E-state index in [1.54, 1.807) is 19.5 Å². The minimum Gasteiger partial charge on any atom is -0.480 e. The number of ether oxygens (including phenoxy) is 1. The summed E-state index contributed by atoms with van der Waals surface area (Å²) in [6.07, 6.45) is 3.47. The Morgan fingerprint density at radius 3 is 2.52 bits per heavy atom. The smallest absolute Gasteiger partial charge is 0.223 e. The molecule has 0 bridgehead atoms. The monoisotopic (exact) mass is 427 g/mol. The third-order valence-electron chi connectivity index (χ3n) is 5.04. The molecule has 0 aliphatic rings. The molecule has 0 saturated carbocycles. The molecular weight excluding hydrogens is 410 g/mol. The molecular formula is C24H18ClN5O. The molecule has 0 aliphatic carbocycles. The number of hydrogen-bond acceptors (Lipinski definition) is 5. The maximum Gasteiger partial charge on any atom is 0.223 e. The number of halogens is 1. The zero-order chi connectivity index (χ0) is 21.4. The summed E-state index contributed by atoms with van der Waals surface area (Å²) in [5.41, 5.74) is 4.95. The third kappa shape index (κ3) is 3.51. The van der Waals surface area contributed by atoms with Crippen LogP contribution in [0.2, 0.25) is 5.02 Å². The molecule has 0 saturated heterocycles. The molecule has 3 heterocycles. The van der Waals surface area contributed by atoms with Crippen LogP contribution in [-0.4, -0.2) is 32.0 Å². The van der Waals surface area contributed by atoms with E-state index in [1.165, 1.54) is 0 Å². The molecule has 0 spiro atoms. The van der Waals surface area contributed by atoms with Gasteiger partial charge in [0.25, 0.3) is 0 Å². The fourth-order valence-corrected chi connectivity index (χ4v) is 3.89. The van der Waals surface area contributed by atoms with Gasteiger partial charge >= 0.3 is 0 Å². The Morgan fingerprint density at radius 1 is 0.935 bits per heavy atom. The topological polar surface area (TPSA) is 76.6 Å². The normalized spacial score (nSPS) is 11.1. The van der Waals surface area contributed by atoms with Gasteiger partial charge in [0, 0.05) is 17.1 Å². The van der Waals surface area contributed by atoms with E-state index in [4.69, 9.17) is 21.3 Å². The first-order valence-electron chi connectivity index (χ1n) is 9.72. The lowest BCUT2D eigenvalue weighted by atomic mass is 10.0. The number of methoxy groups -OCH3 is 1. The first-order valence-corrected chi connectivity index (χ1v) is 10.1. The fraction of sp³-hybridized carbons (Fsp3) is 0.0833. The SMILES string of the molecule is COc1nc2ccc(-c3ccnc(-c4cnc(C)[nH]4)n3)cc2c(Cl)c1-c1ccccc1. The average molecular weight is 428 g/mol. The zero-order valence-electron chi connectivity index (χ0n) is 16.9. The average Bonchev–Trinajstić information content (AvgIpc) is 3.25. The van der Waals surface area contributed by atoms with Crippen LogP contribution in [0.25, 0.3) is 44.8 Å². The molecule has 6 nitrogen and oxygen atoms in total. The second-order valence-corrected chi connectivity index (χ2v) is 7.43. The summed E-state index contributed by atoms with van der Waals surface area (Å²) in [5, 5.41) is 1.42. The molecule has 3 aromatic heterocycles. The number of benzene rings is 2. The molecule has 0 fully saturated rings. The summed E-state index contributed by atoms with van der Waals surface area (Å²) in [4.78, 5) is 21.2. The number of hydrogen-bond donors (Lipinski definition) is 1. The second-order valence-electron chi connectivity index (χ2n) is 7.06. The van der Waals surface area contributed by atoms with Gasteiger partial charge in [-0.3, -0.25) is 0 Å². The standard InChI is InChI=1S/C24H18ClN5O/c1-14-27-13-20(28-14)23-26-11-10-18(29-23)16-8-9-19-17(12-16)22(25)21(24(30-19)31-2)15-6-4-3-5-7-15/h3-13H,1-2H3,(H,27,28). The van der Waals surface area contributed by atoms with Crippen LogP contribution in [0.3, 0.4) is 0 Å². The number of aromatic nitrogens is 5.